The highest BCUT2D eigenvalue weighted by Gasteiger charge is 2.36. The van der Waals surface area contributed by atoms with Crippen LogP contribution in [0.5, 0.6) is 5.75 Å². The first kappa shape index (κ1) is 29.2. The van der Waals surface area contributed by atoms with Gasteiger partial charge in [0.1, 0.15) is 11.3 Å². The first-order chi connectivity index (χ1) is 19.5. The zero-order valence-electron chi connectivity index (χ0n) is 23.2. The summed E-state index contributed by atoms with van der Waals surface area (Å²) in [5.74, 6) is -0.142. The lowest BCUT2D eigenvalue weighted by Gasteiger charge is -2.31. The summed E-state index contributed by atoms with van der Waals surface area (Å²) < 4.78 is 48.7. The number of hydrogen-bond acceptors (Lipinski definition) is 8. The molecule has 0 amide bonds. The molecular weight excluding hydrogens is 535 g/mol. The number of aromatic nitrogens is 4. The van der Waals surface area contributed by atoms with E-state index in [0.717, 1.165) is 23.5 Å². The Bertz CT molecular complexity index is 1610. The number of rotatable bonds is 10. The molecule has 0 unspecified atom stereocenters. The van der Waals surface area contributed by atoms with Crippen LogP contribution in [0.2, 0.25) is 0 Å². The van der Waals surface area contributed by atoms with E-state index in [1.807, 2.05) is 39.0 Å². The third-order valence-electron chi connectivity index (χ3n) is 6.17. The summed E-state index contributed by atoms with van der Waals surface area (Å²) in [5.41, 5.74) is 1.49. The molecule has 2 aromatic heterocycles. The molecule has 0 saturated carbocycles. The van der Waals surface area contributed by atoms with Gasteiger partial charge in [0.05, 0.1) is 36.1 Å². The number of methoxy groups -OCH3 is 1. The van der Waals surface area contributed by atoms with Gasteiger partial charge in [-0.25, -0.2) is 9.67 Å². The van der Waals surface area contributed by atoms with Crippen molar-refractivity contribution in [2.45, 2.75) is 13.1 Å². The number of nitrogens with zero attached hydrogens (tertiary/aromatic N) is 8. The van der Waals surface area contributed by atoms with Gasteiger partial charge < -0.3 is 25.2 Å². The summed E-state index contributed by atoms with van der Waals surface area (Å²) in [7, 11) is 7.41. The summed E-state index contributed by atoms with van der Waals surface area (Å²) in [6, 6.07) is 10.1. The van der Waals surface area contributed by atoms with E-state index in [2.05, 4.69) is 30.6 Å². The molecule has 1 N–H and O–H groups in total. The van der Waals surface area contributed by atoms with Crippen molar-refractivity contribution in [1.82, 2.24) is 24.6 Å². The fraction of sp³-hybridized carbons (Fsp3) is 0.286. The van der Waals surface area contributed by atoms with E-state index in [1.165, 1.54) is 25.4 Å². The SMILES string of the molecule is CC=C[N-]c1cc(Nc2ncc(C(F)(F)F)c(-n3ncc4cc(C#N)ccc43)n2)c(OC)cc1N(C)CCN(C)C. The van der Waals surface area contributed by atoms with Crippen LogP contribution in [-0.2, 0) is 6.18 Å². The van der Waals surface area contributed by atoms with E-state index in [0.29, 0.717) is 39.8 Å². The number of likely N-dealkylation sites (N-methyl/N-ethyl adjacent to an activating group) is 2. The van der Waals surface area contributed by atoms with Gasteiger partial charge in [0, 0.05) is 43.5 Å². The number of allylic oxidation sites excluding steroid dienone is 1. The Morgan fingerprint density at radius 2 is 1.93 bits per heavy atom. The van der Waals surface area contributed by atoms with Crippen LogP contribution in [0.4, 0.5) is 36.2 Å². The standard InChI is InChI=1S/C28H29F3N9O/c1-6-9-33-21-13-22(25(41-5)14-24(21)39(4)11-10-38(2)3)36-27-34-17-20(28(29,30)31)26(37-27)40-23-8-7-18(15-32)12-19(23)16-35-40/h6-9,12-14,16-17H,10-11H2,1-5H3,(H,34,36,37)/q-1. The second-order valence-corrected chi connectivity index (χ2v) is 9.37. The molecule has 2 heterocycles. The highest BCUT2D eigenvalue weighted by atomic mass is 19.4. The normalized spacial score (nSPS) is 11.7. The number of halogens is 3. The van der Waals surface area contributed by atoms with Gasteiger partial charge in [0.15, 0.2) is 5.82 Å². The van der Waals surface area contributed by atoms with Crippen molar-refractivity contribution < 1.29 is 17.9 Å². The molecule has 0 fully saturated rings. The number of benzene rings is 2. The summed E-state index contributed by atoms with van der Waals surface area (Å²) in [4.78, 5) is 12.3. The van der Waals surface area contributed by atoms with E-state index in [4.69, 9.17) is 4.74 Å². The molecular formula is C28H29F3N9O-. The number of anilines is 3. The maximum Gasteiger partial charge on any atom is 0.421 e. The van der Waals surface area contributed by atoms with Crippen LogP contribution in [-0.4, -0.2) is 66.0 Å². The number of fused-ring (bicyclic) bond motifs is 1. The lowest BCUT2D eigenvalue weighted by atomic mass is 10.2. The largest absolute Gasteiger partial charge is 0.663 e. The van der Waals surface area contributed by atoms with E-state index in [9.17, 15) is 18.4 Å². The second kappa shape index (κ2) is 12.1. The van der Waals surface area contributed by atoms with Gasteiger partial charge in [-0.1, -0.05) is 0 Å². The van der Waals surface area contributed by atoms with Gasteiger partial charge in [-0.15, -0.1) is 11.8 Å². The van der Waals surface area contributed by atoms with Crippen LogP contribution in [0, 0.1) is 11.3 Å². The van der Waals surface area contributed by atoms with Crippen molar-refractivity contribution in [2.75, 3.05) is 51.6 Å². The van der Waals surface area contributed by atoms with E-state index < -0.39 is 17.6 Å². The molecule has 0 atom stereocenters. The van der Waals surface area contributed by atoms with Crippen LogP contribution in [0.1, 0.15) is 18.1 Å². The van der Waals surface area contributed by atoms with Crippen LogP contribution in [0.15, 0.2) is 55.0 Å². The Morgan fingerprint density at radius 3 is 2.59 bits per heavy atom. The van der Waals surface area contributed by atoms with Crippen LogP contribution in [0.25, 0.3) is 22.0 Å². The minimum atomic E-state index is -4.74. The Morgan fingerprint density at radius 1 is 1.15 bits per heavy atom. The zero-order chi connectivity index (χ0) is 29.7. The van der Waals surface area contributed by atoms with Crippen LogP contribution >= 0.6 is 0 Å². The van der Waals surface area contributed by atoms with E-state index in [1.54, 1.807) is 30.5 Å². The van der Waals surface area contributed by atoms with Gasteiger partial charge >= 0.3 is 6.18 Å². The highest BCUT2D eigenvalue weighted by Crippen LogP contribution is 2.42. The minimum Gasteiger partial charge on any atom is -0.663 e. The molecule has 0 spiro atoms. The number of ether oxygens (including phenoxy) is 1. The molecule has 0 saturated heterocycles. The lowest BCUT2D eigenvalue weighted by Crippen LogP contribution is -2.28. The summed E-state index contributed by atoms with van der Waals surface area (Å²) >= 11 is 0. The molecule has 4 aromatic rings. The fourth-order valence-electron chi connectivity index (χ4n) is 4.04. The molecule has 0 bridgehead atoms. The molecule has 13 heteroatoms. The average Bonchev–Trinajstić information content (AvgIpc) is 3.37. The highest BCUT2D eigenvalue weighted by molar-refractivity contribution is 5.84. The number of hydrogen-bond donors (Lipinski definition) is 1. The second-order valence-electron chi connectivity index (χ2n) is 9.37. The summed E-state index contributed by atoms with van der Waals surface area (Å²) in [6.07, 6.45) is 0.800. The first-order valence-corrected chi connectivity index (χ1v) is 12.5. The van der Waals surface area contributed by atoms with Crippen molar-refractivity contribution in [3.8, 4) is 17.6 Å². The fourth-order valence-corrected chi connectivity index (χ4v) is 4.04. The van der Waals surface area contributed by atoms with Gasteiger partial charge in [0.25, 0.3) is 0 Å². The van der Waals surface area contributed by atoms with Crippen molar-refractivity contribution >= 4 is 33.9 Å². The molecule has 0 aliphatic carbocycles. The summed E-state index contributed by atoms with van der Waals surface area (Å²) in [6.45, 7) is 3.38. The maximum absolute atomic E-state index is 14.0. The number of alkyl halides is 3. The van der Waals surface area contributed by atoms with Crippen LogP contribution in [0.3, 0.4) is 0 Å². The van der Waals surface area contributed by atoms with Gasteiger partial charge in [0.2, 0.25) is 5.95 Å². The van der Waals surface area contributed by atoms with Gasteiger partial charge in [-0.3, -0.25) is 0 Å². The van der Waals surface area contributed by atoms with Crippen molar-refractivity contribution in [3.63, 3.8) is 0 Å². The Kier molecular flexibility index (Phi) is 8.63. The summed E-state index contributed by atoms with van der Waals surface area (Å²) in [5, 5.41) is 21.3. The lowest BCUT2D eigenvalue weighted by molar-refractivity contribution is -0.138. The Balaban J connectivity index is 1.79. The third kappa shape index (κ3) is 6.50. The van der Waals surface area contributed by atoms with Crippen molar-refractivity contribution in [3.05, 3.63) is 71.4 Å². The van der Waals surface area contributed by atoms with Crippen molar-refractivity contribution in [1.29, 1.82) is 5.26 Å². The number of nitrogens with one attached hydrogen (secondary N) is 1. The molecule has 2 aromatic carbocycles. The van der Waals surface area contributed by atoms with Gasteiger partial charge in [-0.05, 0) is 45.3 Å². The molecule has 0 aliphatic rings. The smallest absolute Gasteiger partial charge is 0.421 e. The van der Waals surface area contributed by atoms with Crippen LogP contribution < -0.4 is 15.0 Å². The predicted octanol–water partition coefficient (Wildman–Crippen LogP) is 5.99. The van der Waals surface area contributed by atoms with E-state index in [-0.39, 0.29) is 5.95 Å². The monoisotopic (exact) mass is 564 g/mol. The van der Waals surface area contributed by atoms with Gasteiger partial charge in [-0.2, -0.15) is 34.7 Å². The molecule has 0 aliphatic heterocycles. The maximum atomic E-state index is 14.0. The molecule has 0 radical (unpaired) electrons. The Hall–Kier alpha value is -4.83. The molecule has 41 heavy (non-hydrogen) atoms. The minimum absolute atomic E-state index is 0.103. The average molecular weight is 565 g/mol. The van der Waals surface area contributed by atoms with E-state index >= 15 is 0 Å². The van der Waals surface area contributed by atoms with Crippen molar-refractivity contribution in [2.24, 2.45) is 0 Å². The molecule has 10 nitrogen and oxygen atoms in total. The zero-order valence-corrected chi connectivity index (χ0v) is 23.2. The third-order valence-corrected chi connectivity index (χ3v) is 6.17. The molecule has 214 valence electrons. The topological polar surface area (TPSA) is 109 Å². The first-order valence-electron chi connectivity index (χ1n) is 12.5. The number of nitriles is 1. The Labute approximate surface area is 235 Å². The quantitative estimate of drug-likeness (QED) is 0.250. The molecule has 4 rings (SSSR count). The predicted molar refractivity (Wildman–Crippen MR) is 152 cm³/mol.